The Labute approximate surface area is 119 Å². The van der Waals surface area contributed by atoms with Crippen molar-refractivity contribution in [2.45, 2.75) is 39.8 Å². The van der Waals surface area contributed by atoms with E-state index in [9.17, 15) is 0 Å². The van der Waals surface area contributed by atoms with Crippen molar-refractivity contribution in [1.82, 2.24) is 15.5 Å². The standard InChI is InChI=1S/C15H21N3O2/c1-3-9-16-10-12-7-5-6-8-13(12)19-11-15-17-14(4-2)18-20-15/h5-8,16H,3-4,9-11H2,1-2H3. The largest absolute Gasteiger partial charge is 0.483 e. The van der Waals surface area contributed by atoms with Crippen LogP contribution < -0.4 is 10.1 Å². The van der Waals surface area contributed by atoms with E-state index in [0.717, 1.165) is 37.2 Å². The molecule has 108 valence electrons. The van der Waals surface area contributed by atoms with Gasteiger partial charge in [-0.2, -0.15) is 4.98 Å². The zero-order valence-corrected chi connectivity index (χ0v) is 12.1. The molecule has 1 aromatic carbocycles. The van der Waals surface area contributed by atoms with Crippen LogP contribution in [0, 0.1) is 0 Å². The Balaban J connectivity index is 1.94. The van der Waals surface area contributed by atoms with Crippen LogP contribution in [0.5, 0.6) is 5.75 Å². The average Bonchev–Trinajstić information content (AvgIpc) is 2.94. The maximum absolute atomic E-state index is 5.78. The minimum atomic E-state index is 0.303. The van der Waals surface area contributed by atoms with Crippen LogP contribution in [-0.2, 0) is 19.6 Å². The molecule has 1 heterocycles. The SMILES string of the molecule is CCCNCc1ccccc1OCc1nc(CC)no1. The summed E-state index contributed by atoms with van der Waals surface area (Å²) in [5.41, 5.74) is 1.14. The van der Waals surface area contributed by atoms with E-state index in [2.05, 4.69) is 28.4 Å². The Morgan fingerprint density at radius 2 is 2.10 bits per heavy atom. The molecular formula is C15H21N3O2. The minimum absolute atomic E-state index is 0.303. The summed E-state index contributed by atoms with van der Waals surface area (Å²) in [4.78, 5) is 4.23. The number of rotatable bonds is 8. The second kappa shape index (κ2) is 7.65. The van der Waals surface area contributed by atoms with Gasteiger partial charge in [-0.1, -0.05) is 37.2 Å². The monoisotopic (exact) mass is 275 g/mol. The van der Waals surface area contributed by atoms with Gasteiger partial charge >= 0.3 is 0 Å². The molecule has 2 aromatic rings. The maximum atomic E-state index is 5.78. The molecule has 0 aliphatic rings. The van der Waals surface area contributed by atoms with Crippen LogP contribution in [0.2, 0.25) is 0 Å². The topological polar surface area (TPSA) is 60.2 Å². The molecule has 1 aromatic heterocycles. The first-order chi connectivity index (χ1) is 9.83. The summed E-state index contributed by atoms with van der Waals surface area (Å²) >= 11 is 0. The quantitative estimate of drug-likeness (QED) is 0.751. The van der Waals surface area contributed by atoms with E-state index in [4.69, 9.17) is 9.26 Å². The van der Waals surface area contributed by atoms with E-state index in [-0.39, 0.29) is 0 Å². The van der Waals surface area contributed by atoms with Crippen LogP contribution in [0.25, 0.3) is 0 Å². The Kier molecular flexibility index (Phi) is 5.55. The van der Waals surface area contributed by atoms with E-state index in [0.29, 0.717) is 18.3 Å². The number of ether oxygens (including phenoxy) is 1. The fraction of sp³-hybridized carbons (Fsp3) is 0.467. The first-order valence-electron chi connectivity index (χ1n) is 7.06. The Bertz CT molecular complexity index is 525. The molecule has 5 nitrogen and oxygen atoms in total. The number of nitrogens with one attached hydrogen (secondary N) is 1. The fourth-order valence-corrected chi connectivity index (χ4v) is 1.82. The Morgan fingerprint density at radius 3 is 2.85 bits per heavy atom. The van der Waals surface area contributed by atoms with Crippen LogP contribution in [-0.4, -0.2) is 16.7 Å². The highest BCUT2D eigenvalue weighted by Gasteiger charge is 2.07. The molecule has 0 atom stereocenters. The Hall–Kier alpha value is -1.88. The van der Waals surface area contributed by atoms with Crippen molar-refractivity contribution in [2.24, 2.45) is 0 Å². The lowest BCUT2D eigenvalue weighted by atomic mass is 10.2. The number of aromatic nitrogens is 2. The van der Waals surface area contributed by atoms with Gasteiger partial charge in [0, 0.05) is 18.5 Å². The van der Waals surface area contributed by atoms with Crippen molar-refractivity contribution < 1.29 is 9.26 Å². The third-order valence-corrected chi connectivity index (χ3v) is 2.89. The first-order valence-corrected chi connectivity index (χ1v) is 7.06. The Morgan fingerprint density at radius 1 is 1.25 bits per heavy atom. The summed E-state index contributed by atoms with van der Waals surface area (Å²) in [6.07, 6.45) is 1.88. The number of hydrogen-bond acceptors (Lipinski definition) is 5. The van der Waals surface area contributed by atoms with Crippen molar-refractivity contribution in [3.05, 3.63) is 41.5 Å². The maximum Gasteiger partial charge on any atom is 0.264 e. The second-order valence-corrected chi connectivity index (χ2v) is 4.53. The van der Waals surface area contributed by atoms with Crippen molar-refractivity contribution in [2.75, 3.05) is 6.54 Å². The first kappa shape index (κ1) is 14.5. The lowest BCUT2D eigenvalue weighted by Crippen LogP contribution is -2.14. The highest BCUT2D eigenvalue weighted by atomic mass is 16.5. The van der Waals surface area contributed by atoms with E-state index < -0.39 is 0 Å². The molecule has 0 unspecified atom stereocenters. The van der Waals surface area contributed by atoms with Crippen LogP contribution in [0.1, 0.15) is 37.5 Å². The van der Waals surface area contributed by atoms with Gasteiger partial charge in [0.2, 0.25) is 0 Å². The van der Waals surface area contributed by atoms with Gasteiger partial charge < -0.3 is 14.6 Å². The molecule has 0 amide bonds. The average molecular weight is 275 g/mol. The van der Waals surface area contributed by atoms with Crippen molar-refractivity contribution >= 4 is 0 Å². The van der Waals surface area contributed by atoms with Gasteiger partial charge in [-0.05, 0) is 19.0 Å². The lowest BCUT2D eigenvalue weighted by molar-refractivity contribution is 0.240. The zero-order chi connectivity index (χ0) is 14.2. The molecule has 0 saturated carbocycles. The minimum Gasteiger partial charge on any atom is -0.483 e. The fourth-order valence-electron chi connectivity index (χ4n) is 1.82. The summed E-state index contributed by atoms with van der Waals surface area (Å²) in [6, 6.07) is 7.99. The highest BCUT2D eigenvalue weighted by Crippen LogP contribution is 2.19. The van der Waals surface area contributed by atoms with Crippen LogP contribution in [0.15, 0.2) is 28.8 Å². The van der Waals surface area contributed by atoms with Gasteiger partial charge in [0.1, 0.15) is 5.75 Å². The molecule has 0 radical (unpaired) electrons. The lowest BCUT2D eigenvalue weighted by Gasteiger charge is -2.10. The number of para-hydroxylation sites is 1. The van der Waals surface area contributed by atoms with Crippen molar-refractivity contribution in [1.29, 1.82) is 0 Å². The molecule has 0 aliphatic carbocycles. The van der Waals surface area contributed by atoms with Crippen molar-refractivity contribution in [3.63, 3.8) is 0 Å². The number of aryl methyl sites for hydroxylation is 1. The normalized spacial score (nSPS) is 10.7. The van der Waals surface area contributed by atoms with Gasteiger partial charge in [-0.15, -0.1) is 0 Å². The number of nitrogens with zero attached hydrogens (tertiary/aromatic N) is 2. The van der Waals surface area contributed by atoms with Crippen LogP contribution >= 0.6 is 0 Å². The van der Waals surface area contributed by atoms with E-state index in [1.54, 1.807) is 0 Å². The molecule has 0 fully saturated rings. The molecular weight excluding hydrogens is 254 g/mol. The van der Waals surface area contributed by atoms with Crippen LogP contribution in [0.4, 0.5) is 0 Å². The molecule has 0 bridgehead atoms. The van der Waals surface area contributed by atoms with E-state index >= 15 is 0 Å². The second-order valence-electron chi connectivity index (χ2n) is 4.53. The number of hydrogen-bond donors (Lipinski definition) is 1. The molecule has 20 heavy (non-hydrogen) atoms. The van der Waals surface area contributed by atoms with Crippen LogP contribution in [0.3, 0.4) is 0 Å². The molecule has 0 spiro atoms. The summed E-state index contributed by atoms with van der Waals surface area (Å²) in [5.74, 6) is 2.08. The number of benzene rings is 1. The smallest absolute Gasteiger partial charge is 0.264 e. The predicted molar refractivity (Wildman–Crippen MR) is 76.4 cm³/mol. The van der Waals surface area contributed by atoms with Gasteiger partial charge in [0.15, 0.2) is 12.4 Å². The highest BCUT2D eigenvalue weighted by molar-refractivity contribution is 5.33. The van der Waals surface area contributed by atoms with Gasteiger partial charge in [-0.3, -0.25) is 0 Å². The summed E-state index contributed by atoms with van der Waals surface area (Å²) in [7, 11) is 0. The summed E-state index contributed by atoms with van der Waals surface area (Å²) in [5, 5.41) is 7.22. The zero-order valence-electron chi connectivity index (χ0n) is 12.1. The molecule has 0 aliphatic heterocycles. The third kappa shape index (κ3) is 4.06. The summed E-state index contributed by atoms with van der Waals surface area (Å²) < 4.78 is 10.9. The predicted octanol–water partition coefficient (Wildman–Crippen LogP) is 2.71. The van der Waals surface area contributed by atoms with E-state index in [1.807, 2.05) is 25.1 Å². The van der Waals surface area contributed by atoms with Gasteiger partial charge in [0.25, 0.3) is 5.89 Å². The molecule has 5 heteroatoms. The van der Waals surface area contributed by atoms with Gasteiger partial charge in [0.05, 0.1) is 0 Å². The third-order valence-electron chi connectivity index (χ3n) is 2.89. The molecule has 1 N–H and O–H groups in total. The van der Waals surface area contributed by atoms with E-state index in [1.165, 1.54) is 0 Å². The van der Waals surface area contributed by atoms with Gasteiger partial charge in [-0.25, -0.2) is 0 Å². The molecule has 0 saturated heterocycles. The molecule has 2 rings (SSSR count). The summed E-state index contributed by atoms with van der Waals surface area (Å²) in [6.45, 7) is 6.24. The van der Waals surface area contributed by atoms with Crippen molar-refractivity contribution in [3.8, 4) is 5.75 Å².